The van der Waals surface area contributed by atoms with Gasteiger partial charge >= 0.3 is 5.97 Å². The van der Waals surface area contributed by atoms with E-state index in [0.717, 1.165) is 18.0 Å². The summed E-state index contributed by atoms with van der Waals surface area (Å²) in [7, 11) is 0. The van der Waals surface area contributed by atoms with E-state index in [0.29, 0.717) is 24.5 Å². The van der Waals surface area contributed by atoms with Crippen LogP contribution in [0, 0.1) is 3.57 Å². The van der Waals surface area contributed by atoms with Crippen molar-refractivity contribution in [2.24, 2.45) is 0 Å². The van der Waals surface area contributed by atoms with Crippen molar-refractivity contribution in [3.05, 3.63) is 57.1 Å². The fourth-order valence-corrected chi connectivity index (χ4v) is 4.59. The summed E-state index contributed by atoms with van der Waals surface area (Å²) in [5, 5.41) is 6.48. The van der Waals surface area contributed by atoms with E-state index in [1.807, 2.05) is 22.4 Å². The highest BCUT2D eigenvalue weighted by molar-refractivity contribution is 14.1. The Morgan fingerprint density at radius 2 is 1.87 bits per heavy atom. The van der Waals surface area contributed by atoms with Crippen molar-refractivity contribution in [2.75, 3.05) is 37.7 Å². The average molecular weight is 550 g/mol. The molecule has 3 heterocycles. The van der Waals surface area contributed by atoms with Crippen molar-refractivity contribution in [1.82, 2.24) is 14.7 Å². The van der Waals surface area contributed by atoms with Gasteiger partial charge in [0, 0.05) is 35.4 Å². The largest absolute Gasteiger partial charge is 0.461 e. The summed E-state index contributed by atoms with van der Waals surface area (Å²) in [6.07, 6.45) is 0. The summed E-state index contributed by atoms with van der Waals surface area (Å²) in [5.74, 6) is -0.511. The molecule has 7 nitrogen and oxygen atoms in total. The maximum Gasteiger partial charge on any atom is 0.356 e. The first-order chi connectivity index (χ1) is 15.0. The standard InChI is InChI=1S/C22H23IN4O3S/c1-2-30-22(29)19-14-18(20-4-3-13-31-20)24-27(19)15-21(28)26-11-9-25(10-12-26)17-7-5-16(23)6-8-17/h3-8,13-14H,2,9-12,15H2,1H3. The summed E-state index contributed by atoms with van der Waals surface area (Å²) >= 11 is 3.83. The van der Waals surface area contributed by atoms with E-state index in [4.69, 9.17) is 4.74 Å². The number of carbonyl (C=O) groups excluding carboxylic acids is 2. The van der Waals surface area contributed by atoms with Crippen LogP contribution in [-0.4, -0.2) is 59.3 Å². The van der Waals surface area contributed by atoms with E-state index in [9.17, 15) is 9.59 Å². The van der Waals surface area contributed by atoms with Crippen LogP contribution in [-0.2, 0) is 16.1 Å². The summed E-state index contributed by atoms with van der Waals surface area (Å²) in [5.41, 5.74) is 2.15. The predicted molar refractivity (Wildman–Crippen MR) is 129 cm³/mol. The van der Waals surface area contributed by atoms with Crippen molar-refractivity contribution >= 4 is 51.5 Å². The summed E-state index contributed by atoms with van der Waals surface area (Å²) in [6, 6.07) is 14.0. The minimum atomic E-state index is -0.464. The van der Waals surface area contributed by atoms with E-state index in [-0.39, 0.29) is 19.1 Å². The van der Waals surface area contributed by atoms with Crippen LogP contribution in [0.1, 0.15) is 17.4 Å². The van der Waals surface area contributed by atoms with Gasteiger partial charge < -0.3 is 14.5 Å². The zero-order chi connectivity index (χ0) is 21.8. The number of thiophene rings is 1. The maximum atomic E-state index is 13.0. The quantitative estimate of drug-likeness (QED) is 0.346. The number of benzene rings is 1. The highest BCUT2D eigenvalue weighted by Gasteiger charge is 2.25. The summed E-state index contributed by atoms with van der Waals surface area (Å²) < 4.78 is 7.84. The Bertz CT molecular complexity index is 1040. The van der Waals surface area contributed by atoms with Gasteiger partial charge in [0.2, 0.25) is 5.91 Å². The third-order valence-corrected chi connectivity index (χ3v) is 6.76. The molecule has 1 fully saturated rings. The highest BCUT2D eigenvalue weighted by atomic mass is 127. The van der Waals surface area contributed by atoms with Crippen LogP contribution in [0.25, 0.3) is 10.6 Å². The molecule has 0 N–H and O–H groups in total. The van der Waals surface area contributed by atoms with Crippen LogP contribution in [0.5, 0.6) is 0 Å². The zero-order valence-corrected chi connectivity index (χ0v) is 20.1. The minimum absolute atomic E-state index is 0.0169. The lowest BCUT2D eigenvalue weighted by Gasteiger charge is -2.36. The highest BCUT2D eigenvalue weighted by Crippen LogP contribution is 2.25. The molecular formula is C22H23IN4O3S. The van der Waals surface area contributed by atoms with Crippen LogP contribution in [0.3, 0.4) is 0 Å². The van der Waals surface area contributed by atoms with Crippen LogP contribution >= 0.6 is 33.9 Å². The Hall–Kier alpha value is -2.40. The van der Waals surface area contributed by atoms with Gasteiger partial charge in [-0.2, -0.15) is 5.10 Å². The average Bonchev–Trinajstić information content (AvgIpc) is 3.45. The molecule has 0 atom stereocenters. The number of anilines is 1. The molecule has 1 amide bonds. The first-order valence-corrected chi connectivity index (χ1v) is 12.1. The Kier molecular flexibility index (Phi) is 6.91. The van der Waals surface area contributed by atoms with Gasteiger partial charge in [0.1, 0.15) is 17.9 Å². The zero-order valence-electron chi connectivity index (χ0n) is 17.2. The number of hydrogen-bond donors (Lipinski definition) is 0. The van der Waals surface area contributed by atoms with Crippen molar-refractivity contribution < 1.29 is 14.3 Å². The monoisotopic (exact) mass is 550 g/mol. The fourth-order valence-electron chi connectivity index (χ4n) is 3.55. The molecular weight excluding hydrogens is 527 g/mol. The Morgan fingerprint density at radius 3 is 2.52 bits per heavy atom. The first kappa shape index (κ1) is 21.8. The molecule has 4 rings (SSSR count). The second-order valence-corrected chi connectivity index (χ2v) is 9.31. The van der Waals surface area contributed by atoms with Crippen LogP contribution in [0.2, 0.25) is 0 Å². The molecule has 1 saturated heterocycles. The smallest absolute Gasteiger partial charge is 0.356 e. The third-order valence-electron chi connectivity index (χ3n) is 5.15. The first-order valence-electron chi connectivity index (χ1n) is 10.1. The second kappa shape index (κ2) is 9.82. The van der Waals surface area contributed by atoms with Crippen LogP contribution < -0.4 is 4.90 Å². The molecule has 9 heteroatoms. The second-order valence-electron chi connectivity index (χ2n) is 7.11. The number of rotatable bonds is 6. The lowest BCUT2D eigenvalue weighted by Crippen LogP contribution is -2.49. The van der Waals surface area contributed by atoms with Gasteiger partial charge in [-0.3, -0.25) is 4.79 Å². The summed E-state index contributed by atoms with van der Waals surface area (Å²) in [4.78, 5) is 30.5. The molecule has 31 heavy (non-hydrogen) atoms. The van der Waals surface area contributed by atoms with E-state index in [1.54, 1.807) is 13.0 Å². The number of amides is 1. The summed E-state index contributed by atoms with van der Waals surface area (Å²) in [6.45, 7) is 4.87. The van der Waals surface area contributed by atoms with Crippen LogP contribution in [0.15, 0.2) is 47.8 Å². The number of esters is 1. The van der Waals surface area contributed by atoms with Crippen LogP contribution in [0.4, 0.5) is 5.69 Å². The fraction of sp³-hybridized carbons (Fsp3) is 0.318. The molecule has 0 bridgehead atoms. The van der Waals surface area contributed by atoms with E-state index < -0.39 is 5.97 Å². The molecule has 0 radical (unpaired) electrons. The van der Waals surface area contributed by atoms with Gasteiger partial charge in [-0.15, -0.1) is 11.3 Å². The molecule has 2 aromatic heterocycles. The molecule has 1 aromatic carbocycles. The van der Waals surface area contributed by atoms with E-state index in [2.05, 4.69) is 56.9 Å². The number of aromatic nitrogens is 2. The minimum Gasteiger partial charge on any atom is -0.461 e. The van der Waals surface area contributed by atoms with Gasteiger partial charge in [-0.25, -0.2) is 9.48 Å². The molecule has 0 aliphatic carbocycles. The van der Waals surface area contributed by atoms with Gasteiger partial charge in [0.05, 0.1) is 11.5 Å². The lowest BCUT2D eigenvalue weighted by molar-refractivity contribution is -0.132. The van der Waals surface area contributed by atoms with Gasteiger partial charge in [0.25, 0.3) is 0 Å². The normalized spacial score (nSPS) is 14.0. The topological polar surface area (TPSA) is 67.7 Å². The predicted octanol–water partition coefficient (Wildman–Crippen LogP) is 3.74. The SMILES string of the molecule is CCOC(=O)c1cc(-c2cccs2)nn1CC(=O)N1CCN(c2ccc(I)cc2)CC1. The molecule has 162 valence electrons. The number of carbonyl (C=O) groups is 2. The number of nitrogens with zero attached hydrogens (tertiary/aromatic N) is 4. The Labute approximate surface area is 198 Å². The molecule has 1 aliphatic heterocycles. The molecule has 3 aromatic rings. The molecule has 1 aliphatic rings. The molecule has 0 unspecified atom stereocenters. The van der Waals surface area contributed by atoms with Gasteiger partial charge in [0.15, 0.2) is 0 Å². The van der Waals surface area contributed by atoms with Crippen molar-refractivity contribution in [3.8, 4) is 10.6 Å². The van der Waals surface area contributed by atoms with Crippen molar-refractivity contribution in [2.45, 2.75) is 13.5 Å². The number of hydrogen-bond acceptors (Lipinski definition) is 6. The van der Waals surface area contributed by atoms with Crippen molar-refractivity contribution in [3.63, 3.8) is 0 Å². The maximum absolute atomic E-state index is 13.0. The Balaban J connectivity index is 1.44. The third kappa shape index (κ3) is 5.09. The van der Waals surface area contributed by atoms with E-state index in [1.165, 1.54) is 25.3 Å². The molecule has 0 saturated carbocycles. The molecule has 0 spiro atoms. The van der Waals surface area contributed by atoms with Crippen molar-refractivity contribution in [1.29, 1.82) is 0 Å². The lowest BCUT2D eigenvalue weighted by atomic mass is 10.2. The van der Waals surface area contributed by atoms with Gasteiger partial charge in [-0.1, -0.05) is 6.07 Å². The number of halogens is 1. The number of ether oxygens (including phenoxy) is 1. The van der Waals surface area contributed by atoms with E-state index >= 15 is 0 Å². The number of piperazine rings is 1. The Morgan fingerprint density at radius 1 is 1.13 bits per heavy atom. The van der Waals surface area contributed by atoms with Gasteiger partial charge in [-0.05, 0) is 71.3 Å².